The van der Waals surface area contributed by atoms with E-state index >= 15 is 0 Å². The molecule has 138 valence electrons. The third-order valence-corrected chi connectivity index (χ3v) is 5.38. The maximum Gasteiger partial charge on any atom is 0.216 e. The van der Waals surface area contributed by atoms with Crippen LogP contribution < -0.4 is 10.1 Å². The summed E-state index contributed by atoms with van der Waals surface area (Å²) in [6.07, 6.45) is 2.19. The van der Waals surface area contributed by atoms with Gasteiger partial charge in [-0.1, -0.05) is 18.2 Å². The van der Waals surface area contributed by atoms with Crippen molar-refractivity contribution >= 4 is 0 Å². The van der Waals surface area contributed by atoms with Gasteiger partial charge in [0.2, 0.25) is 5.88 Å². The minimum atomic E-state index is -0.221. The summed E-state index contributed by atoms with van der Waals surface area (Å²) in [4.78, 5) is 4.72. The summed E-state index contributed by atoms with van der Waals surface area (Å²) < 4.78 is 25.5. The van der Waals surface area contributed by atoms with Crippen LogP contribution >= 0.6 is 0 Å². The SMILES string of the molecule is Cc1ccc(C2CCNCC2)nc1OCc1ccc(C2COC2)cc1F. The van der Waals surface area contributed by atoms with Crippen molar-refractivity contribution in [3.63, 3.8) is 0 Å². The van der Waals surface area contributed by atoms with Crippen molar-refractivity contribution < 1.29 is 13.9 Å². The Morgan fingerprint density at radius 2 is 1.96 bits per heavy atom. The van der Waals surface area contributed by atoms with Crippen molar-refractivity contribution in [3.05, 3.63) is 58.5 Å². The molecule has 2 fully saturated rings. The van der Waals surface area contributed by atoms with Gasteiger partial charge in [0.05, 0.1) is 13.2 Å². The van der Waals surface area contributed by atoms with Crippen LogP contribution in [0, 0.1) is 12.7 Å². The Labute approximate surface area is 153 Å². The number of benzene rings is 1. The summed E-state index contributed by atoms with van der Waals surface area (Å²) in [6.45, 7) is 5.59. The lowest BCUT2D eigenvalue weighted by Crippen LogP contribution is -2.27. The first-order chi connectivity index (χ1) is 12.7. The van der Waals surface area contributed by atoms with E-state index in [1.807, 2.05) is 19.1 Å². The molecule has 4 nitrogen and oxygen atoms in total. The van der Waals surface area contributed by atoms with E-state index in [9.17, 15) is 4.39 Å². The lowest BCUT2D eigenvalue weighted by molar-refractivity contribution is 0.00830. The van der Waals surface area contributed by atoms with Gasteiger partial charge in [-0.3, -0.25) is 0 Å². The second-order valence-electron chi connectivity index (χ2n) is 7.26. The number of piperidine rings is 1. The largest absolute Gasteiger partial charge is 0.472 e. The van der Waals surface area contributed by atoms with Crippen LogP contribution in [0.2, 0.25) is 0 Å². The average Bonchev–Trinajstić information content (AvgIpc) is 2.61. The number of aromatic nitrogens is 1. The molecule has 0 unspecified atom stereocenters. The van der Waals surface area contributed by atoms with Crippen molar-refractivity contribution in [2.24, 2.45) is 0 Å². The van der Waals surface area contributed by atoms with E-state index in [1.165, 1.54) is 0 Å². The molecular formula is C21H25FN2O2. The molecule has 0 radical (unpaired) electrons. The van der Waals surface area contributed by atoms with E-state index in [0.29, 0.717) is 36.5 Å². The first kappa shape index (κ1) is 17.4. The molecule has 0 spiro atoms. The Hall–Kier alpha value is -1.98. The van der Waals surface area contributed by atoms with Gasteiger partial charge < -0.3 is 14.8 Å². The molecule has 0 saturated carbocycles. The molecule has 1 aromatic heterocycles. The highest BCUT2D eigenvalue weighted by Crippen LogP contribution is 2.28. The molecule has 1 aromatic carbocycles. The second kappa shape index (κ2) is 7.72. The molecule has 5 heteroatoms. The topological polar surface area (TPSA) is 43.4 Å². The fourth-order valence-electron chi connectivity index (χ4n) is 3.52. The molecule has 0 bridgehead atoms. The van der Waals surface area contributed by atoms with E-state index in [0.717, 1.165) is 42.8 Å². The summed E-state index contributed by atoms with van der Waals surface area (Å²) in [5, 5.41) is 3.38. The highest BCUT2D eigenvalue weighted by molar-refractivity contribution is 5.31. The zero-order chi connectivity index (χ0) is 17.9. The van der Waals surface area contributed by atoms with E-state index in [4.69, 9.17) is 14.5 Å². The number of ether oxygens (including phenoxy) is 2. The maximum absolute atomic E-state index is 14.4. The number of hydrogen-bond acceptors (Lipinski definition) is 4. The third kappa shape index (κ3) is 3.74. The number of hydrogen-bond donors (Lipinski definition) is 1. The molecule has 0 atom stereocenters. The fraction of sp³-hybridized carbons (Fsp3) is 0.476. The van der Waals surface area contributed by atoms with Gasteiger partial charge in [0, 0.05) is 28.7 Å². The van der Waals surface area contributed by atoms with E-state index in [2.05, 4.69) is 17.4 Å². The quantitative estimate of drug-likeness (QED) is 0.887. The lowest BCUT2D eigenvalue weighted by Gasteiger charge is -2.26. The minimum Gasteiger partial charge on any atom is -0.472 e. The first-order valence-electron chi connectivity index (χ1n) is 9.38. The fourth-order valence-corrected chi connectivity index (χ4v) is 3.52. The molecule has 26 heavy (non-hydrogen) atoms. The molecule has 2 aromatic rings. The smallest absolute Gasteiger partial charge is 0.216 e. The van der Waals surface area contributed by atoms with E-state index < -0.39 is 0 Å². The molecule has 2 saturated heterocycles. The second-order valence-corrected chi connectivity index (χ2v) is 7.26. The van der Waals surface area contributed by atoms with Gasteiger partial charge in [-0.25, -0.2) is 9.37 Å². The average molecular weight is 356 g/mol. The number of nitrogens with zero attached hydrogens (tertiary/aromatic N) is 1. The third-order valence-electron chi connectivity index (χ3n) is 5.38. The maximum atomic E-state index is 14.4. The van der Waals surface area contributed by atoms with E-state index in [-0.39, 0.29) is 12.4 Å². The number of aryl methyl sites for hydroxylation is 1. The normalized spacial score (nSPS) is 18.5. The minimum absolute atomic E-state index is 0.191. The van der Waals surface area contributed by atoms with Crippen molar-refractivity contribution in [1.82, 2.24) is 10.3 Å². The van der Waals surface area contributed by atoms with Crippen LogP contribution in [0.1, 0.15) is 47.1 Å². The van der Waals surface area contributed by atoms with Gasteiger partial charge in [-0.2, -0.15) is 0 Å². The van der Waals surface area contributed by atoms with Crippen LogP contribution in [0.5, 0.6) is 5.88 Å². The van der Waals surface area contributed by atoms with Crippen molar-refractivity contribution in [1.29, 1.82) is 0 Å². The monoisotopic (exact) mass is 356 g/mol. The van der Waals surface area contributed by atoms with Gasteiger partial charge >= 0.3 is 0 Å². The predicted octanol–water partition coefficient (Wildman–Crippen LogP) is 3.69. The Morgan fingerprint density at radius 3 is 2.65 bits per heavy atom. The van der Waals surface area contributed by atoms with Gasteiger partial charge in [-0.15, -0.1) is 0 Å². The standard InChI is InChI=1S/C21H25FN2O2/c1-14-2-5-20(15-6-8-23-9-7-15)24-21(14)26-13-17-4-3-16(10-19(17)22)18-11-25-12-18/h2-5,10,15,18,23H,6-9,11-13H2,1H3. The van der Waals surface area contributed by atoms with Crippen LogP contribution in [-0.2, 0) is 11.3 Å². The van der Waals surface area contributed by atoms with Gasteiger partial charge in [-0.05, 0) is 50.6 Å². The predicted molar refractivity (Wildman–Crippen MR) is 98.1 cm³/mol. The molecular weight excluding hydrogens is 331 g/mol. The summed E-state index contributed by atoms with van der Waals surface area (Å²) >= 11 is 0. The summed E-state index contributed by atoms with van der Waals surface area (Å²) in [7, 11) is 0. The van der Waals surface area contributed by atoms with Gasteiger partial charge in [0.25, 0.3) is 0 Å². The molecule has 2 aliphatic rings. The Bertz CT molecular complexity index is 771. The number of halogens is 1. The molecule has 1 N–H and O–H groups in total. The zero-order valence-corrected chi connectivity index (χ0v) is 15.1. The molecule has 0 aliphatic carbocycles. The summed E-state index contributed by atoms with van der Waals surface area (Å²) in [6, 6.07) is 9.54. The Balaban J connectivity index is 1.45. The molecule has 3 heterocycles. The molecule has 2 aliphatic heterocycles. The van der Waals surface area contributed by atoms with Crippen LogP contribution in [0.15, 0.2) is 30.3 Å². The van der Waals surface area contributed by atoms with Crippen LogP contribution in [-0.4, -0.2) is 31.3 Å². The first-order valence-corrected chi connectivity index (χ1v) is 9.38. The van der Waals surface area contributed by atoms with Gasteiger partial charge in [0.15, 0.2) is 0 Å². The van der Waals surface area contributed by atoms with Crippen molar-refractivity contribution in [3.8, 4) is 5.88 Å². The highest BCUT2D eigenvalue weighted by atomic mass is 19.1. The summed E-state index contributed by atoms with van der Waals surface area (Å²) in [5.41, 5.74) is 3.61. The van der Waals surface area contributed by atoms with Crippen molar-refractivity contribution in [2.45, 2.75) is 38.2 Å². The zero-order valence-electron chi connectivity index (χ0n) is 15.1. The van der Waals surface area contributed by atoms with Crippen LogP contribution in [0.4, 0.5) is 4.39 Å². The Morgan fingerprint density at radius 1 is 1.15 bits per heavy atom. The summed E-state index contributed by atoms with van der Waals surface area (Å²) in [5.74, 6) is 1.18. The number of pyridine rings is 1. The van der Waals surface area contributed by atoms with E-state index in [1.54, 1.807) is 6.07 Å². The van der Waals surface area contributed by atoms with Gasteiger partial charge in [0.1, 0.15) is 12.4 Å². The van der Waals surface area contributed by atoms with Crippen LogP contribution in [0.3, 0.4) is 0 Å². The van der Waals surface area contributed by atoms with Crippen LogP contribution in [0.25, 0.3) is 0 Å². The lowest BCUT2D eigenvalue weighted by atomic mass is 9.94. The van der Waals surface area contributed by atoms with Crippen molar-refractivity contribution in [2.75, 3.05) is 26.3 Å². The number of rotatable bonds is 5. The Kier molecular flexibility index (Phi) is 5.18. The highest BCUT2D eigenvalue weighted by Gasteiger charge is 2.22. The molecule has 0 amide bonds. The molecule has 4 rings (SSSR count). The number of nitrogens with one attached hydrogen (secondary N) is 1.